The van der Waals surface area contributed by atoms with Crippen LogP contribution in [0.1, 0.15) is 46.5 Å². The standard InChI is InChI=1S/C12H23N3O3/c1-12(2,3)18-11(17)14-9-6-8(7-9)4-5-10(16)15-13/h8-9H,4-7,13H2,1-3H3,(H,14,17)(H,15,16)/t8-,9-. The van der Waals surface area contributed by atoms with Gasteiger partial charge in [0.1, 0.15) is 5.60 Å². The quantitative estimate of drug-likeness (QED) is 0.399. The Morgan fingerprint density at radius 2 is 1.94 bits per heavy atom. The fourth-order valence-corrected chi connectivity index (χ4v) is 1.97. The van der Waals surface area contributed by atoms with E-state index in [0.29, 0.717) is 12.3 Å². The minimum Gasteiger partial charge on any atom is -0.444 e. The first-order chi connectivity index (χ1) is 8.30. The van der Waals surface area contributed by atoms with E-state index in [1.54, 1.807) is 0 Å². The molecule has 1 rings (SSSR count). The molecule has 0 atom stereocenters. The molecule has 0 radical (unpaired) electrons. The molecule has 1 fully saturated rings. The van der Waals surface area contributed by atoms with E-state index < -0.39 is 5.60 Å². The van der Waals surface area contributed by atoms with Gasteiger partial charge in [-0.2, -0.15) is 0 Å². The summed E-state index contributed by atoms with van der Waals surface area (Å²) in [6, 6.07) is 0.172. The van der Waals surface area contributed by atoms with Gasteiger partial charge in [-0.3, -0.25) is 10.2 Å². The van der Waals surface area contributed by atoms with Gasteiger partial charge in [0.2, 0.25) is 5.91 Å². The molecule has 4 N–H and O–H groups in total. The van der Waals surface area contributed by atoms with Gasteiger partial charge in [-0.1, -0.05) is 0 Å². The number of hydrazine groups is 1. The highest BCUT2D eigenvalue weighted by atomic mass is 16.6. The number of hydrogen-bond acceptors (Lipinski definition) is 4. The van der Waals surface area contributed by atoms with E-state index in [4.69, 9.17) is 10.6 Å². The van der Waals surface area contributed by atoms with Gasteiger partial charge in [-0.05, 0) is 46.0 Å². The van der Waals surface area contributed by atoms with Crippen LogP contribution >= 0.6 is 0 Å². The summed E-state index contributed by atoms with van der Waals surface area (Å²) in [4.78, 5) is 22.4. The lowest BCUT2D eigenvalue weighted by atomic mass is 9.77. The number of ether oxygens (including phenoxy) is 1. The van der Waals surface area contributed by atoms with Crippen molar-refractivity contribution in [1.29, 1.82) is 0 Å². The second kappa shape index (κ2) is 6.04. The Bertz CT molecular complexity index is 306. The summed E-state index contributed by atoms with van der Waals surface area (Å²) in [7, 11) is 0. The Kier molecular flexibility index (Phi) is 4.95. The van der Waals surface area contributed by atoms with Crippen LogP contribution in [0.4, 0.5) is 4.79 Å². The highest BCUT2D eigenvalue weighted by Crippen LogP contribution is 2.31. The van der Waals surface area contributed by atoms with Crippen molar-refractivity contribution < 1.29 is 14.3 Å². The van der Waals surface area contributed by atoms with Crippen molar-refractivity contribution in [2.75, 3.05) is 0 Å². The second-order valence-corrected chi connectivity index (χ2v) is 5.79. The van der Waals surface area contributed by atoms with Crippen molar-refractivity contribution >= 4 is 12.0 Å². The van der Waals surface area contributed by atoms with Crippen LogP contribution in [0.15, 0.2) is 0 Å². The van der Waals surface area contributed by atoms with Gasteiger partial charge >= 0.3 is 6.09 Å². The summed E-state index contributed by atoms with van der Waals surface area (Å²) in [5.41, 5.74) is 1.64. The minimum atomic E-state index is -0.466. The highest BCUT2D eigenvalue weighted by Gasteiger charge is 2.31. The van der Waals surface area contributed by atoms with Gasteiger partial charge in [0.15, 0.2) is 0 Å². The second-order valence-electron chi connectivity index (χ2n) is 5.79. The molecule has 1 saturated carbocycles. The summed E-state index contributed by atoms with van der Waals surface area (Å²) in [5.74, 6) is 5.34. The van der Waals surface area contributed by atoms with Crippen LogP contribution in [-0.4, -0.2) is 23.6 Å². The molecule has 0 unspecified atom stereocenters. The molecule has 18 heavy (non-hydrogen) atoms. The van der Waals surface area contributed by atoms with E-state index in [1.165, 1.54) is 0 Å². The maximum atomic E-state index is 11.5. The number of rotatable bonds is 4. The van der Waals surface area contributed by atoms with Crippen molar-refractivity contribution in [2.24, 2.45) is 11.8 Å². The van der Waals surface area contributed by atoms with Gasteiger partial charge in [0.25, 0.3) is 0 Å². The smallest absolute Gasteiger partial charge is 0.407 e. The number of nitrogens with one attached hydrogen (secondary N) is 2. The fourth-order valence-electron chi connectivity index (χ4n) is 1.97. The minimum absolute atomic E-state index is 0.140. The topological polar surface area (TPSA) is 93.4 Å². The number of carbonyl (C=O) groups is 2. The average Bonchev–Trinajstić information content (AvgIpc) is 2.17. The van der Waals surface area contributed by atoms with Gasteiger partial charge in [0.05, 0.1) is 0 Å². The predicted molar refractivity (Wildman–Crippen MR) is 67.4 cm³/mol. The molecule has 104 valence electrons. The van der Waals surface area contributed by atoms with Crippen LogP contribution < -0.4 is 16.6 Å². The first-order valence-electron chi connectivity index (χ1n) is 6.29. The zero-order valence-electron chi connectivity index (χ0n) is 11.3. The molecule has 0 bridgehead atoms. The third-order valence-electron chi connectivity index (χ3n) is 2.90. The van der Waals surface area contributed by atoms with Crippen molar-refractivity contribution in [3.8, 4) is 0 Å². The molecule has 0 saturated heterocycles. The largest absolute Gasteiger partial charge is 0.444 e. The van der Waals surface area contributed by atoms with Gasteiger partial charge < -0.3 is 10.1 Å². The van der Waals surface area contributed by atoms with Crippen molar-refractivity contribution in [2.45, 2.75) is 58.1 Å². The van der Waals surface area contributed by atoms with Gasteiger partial charge in [-0.25, -0.2) is 10.6 Å². The molecule has 1 aliphatic carbocycles. The maximum Gasteiger partial charge on any atom is 0.407 e. The summed E-state index contributed by atoms with van der Waals surface area (Å²) < 4.78 is 5.16. The third kappa shape index (κ3) is 5.35. The molecule has 0 aromatic heterocycles. The summed E-state index contributed by atoms with van der Waals surface area (Å²) in [5, 5.41) is 2.82. The molecule has 6 heteroatoms. The summed E-state index contributed by atoms with van der Waals surface area (Å²) >= 11 is 0. The lowest BCUT2D eigenvalue weighted by Crippen LogP contribution is -2.46. The van der Waals surface area contributed by atoms with Crippen molar-refractivity contribution in [3.63, 3.8) is 0 Å². The van der Waals surface area contributed by atoms with E-state index >= 15 is 0 Å². The zero-order valence-corrected chi connectivity index (χ0v) is 11.3. The predicted octanol–water partition coefficient (Wildman–Crippen LogP) is 1.06. The molecule has 2 amide bonds. The van der Waals surface area contributed by atoms with E-state index in [-0.39, 0.29) is 18.0 Å². The Morgan fingerprint density at radius 3 is 2.44 bits per heavy atom. The normalized spacial score (nSPS) is 22.9. The number of amides is 2. The van der Waals surface area contributed by atoms with Gasteiger partial charge in [0, 0.05) is 12.5 Å². The average molecular weight is 257 g/mol. The van der Waals surface area contributed by atoms with Crippen LogP contribution in [-0.2, 0) is 9.53 Å². The lowest BCUT2D eigenvalue weighted by Gasteiger charge is -2.36. The summed E-state index contributed by atoms with van der Waals surface area (Å²) in [6.45, 7) is 5.50. The van der Waals surface area contributed by atoms with E-state index in [9.17, 15) is 9.59 Å². The Balaban J connectivity index is 2.12. The number of nitrogens with two attached hydrogens (primary N) is 1. The third-order valence-corrected chi connectivity index (χ3v) is 2.90. The Hall–Kier alpha value is -1.30. The van der Waals surface area contributed by atoms with E-state index in [2.05, 4.69) is 10.7 Å². The summed E-state index contributed by atoms with van der Waals surface area (Å²) in [6.07, 6.45) is 2.69. The van der Waals surface area contributed by atoms with Crippen LogP contribution in [0, 0.1) is 5.92 Å². The molecule has 0 aliphatic heterocycles. The Labute approximate surface area is 108 Å². The molecule has 0 heterocycles. The fraction of sp³-hybridized carbons (Fsp3) is 0.833. The monoisotopic (exact) mass is 257 g/mol. The zero-order chi connectivity index (χ0) is 13.8. The first kappa shape index (κ1) is 14.8. The maximum absolute atomic E-state index is 11.5. The van der Waals surface area contributed by atoms with Crippen LogP contribution in [0.3, 0.4) is 0 Å². The molecule has 0 aromatic rings. The Morgan fingerprint density at radius 1 is 1.33 bits per heavy atom. The number of alkyl carbamates (subject to hydrolysis) is 1. The van der Waals surface area contributed by atoms with Crippen molar-refractivity contribution in [1.82, 2.24) is 10.7 Å². The van der Waals surface area contributed by atoms with Crippen molar-refractivity contribution in [3.05, 3.63) is 0 Å². The molecule has 1 aliphatic rings. The number of hydrogen-bond donors (Lipinski definition) is 3. The molecule has 0 spiro atoms. The van der Waals surface area contributed by atoms with E-state index in [0.717, 1.165) is 19.3 Å². The molecule has 0 aromatic carbocycles. The first-order valence-corrected chi connectivity index (χ1v) is 6.29. The van der Waals surface area contributed by atoms with E-state index in [1.807, 2.05) is 20.8 Å². The molecular formula is C12H23N3O3. The molecular weight excluding hydrogens is 234 g/mol. The van der Waals surface area contributed by atoms with Gasteiger partial charge in [-0.15, -0.1) is 0 Å². The SMILES string of the molecule is CC(C)(C)OC(=O)N[C@H]1C[C@H](CCC(=O)NN)C1. The molecule has 6 nitrogen and oxygen atoms in total. The number of carbonyl (C=O) groups excluding carboxylic acids is 2. The van der Waals surface area contributed by atoms with Crippen LogP contribution in [0.5, 0.6) is 0 Å². The highest BCUT2D eigenvalue weighted by molar-refractivity contribution is 5.75. The lowest BCUT2D eigenvalue weighted by molar-refractivity contribution is -0.121. The van der Waals surface area contributed by atoms with Crippen LogP contribution in [0.2, 0.25) is 0 Å². The van der Waals surface area contributed by atoms with Crippen LogP contribution in [0.25, 0.3) is 0 Å².